The van der Waals surface area contributed by atoms with Gasteiger partial charge in [-0.2, -0.15) is 0 Å². The smallest absolute Gasteiger partial charge is 0.270 e. The lowest BCUT2D eigenvalue weighted by atomic mass is 10.1. The van der Waals surface area contributed by atoms with E-state index in [0.29, 0.717) is 25.2 Å². The summed E-state index contributed by atoms with van der Waals surface area (Å²) >= 11 is 0. The van der Waals surface area contributed by atoms with E-state index >= 15 is 0 Å². The zero-order valence-corrected chi connectivity index (χ0v) is 14.5. The van der Waals surface area contributed by atoms with Crippen LogP contribution in [-0.4, -0.2) is 59.4 Å². The van der Waals surface area contributed by atoms with Gasteiger partial charge >= 0.3 is 0 Å². The first-order chi connectivity index (χ1) is 12.7. The normalized spacial score (nSPS) is 14.0. The van der Waals surface area contributed by atoms with Crippen molar-refractivity contribution in [2.75, 3.05) is 37.6 Å². The fourth-order valence-corrected chi connectivity index (χ4v) is 2.81. The van der Waals surface area contributed by atoms with E-state index in [4.69, 9.17) is 0 Å². The molecular weight excluding hydrogens is 330 g/mol. The van der Waals surface area contributed by atoms with Gasteiger partial charge in [-0.15, -0.1) is 6.58 Å². The van der Waals surface area contributed by atoms with Gasteiger partial charge in [0.25, 0.3) is 11.8 Å². The van der Waals surface area contributed by atoms with E-state index in [9.17, 15) is 9.59 Å². The summed E-state index contributed by atoms with van der Waals surface area (Å²) in [6, 6.07) is 8.98. The topological polar surface area (TPSA) is 78.4 Å². The molecular formula is C19H21N5O2. The van der Waals surface area contributed by atoms with Crippen LogP contribution in [0.3, 0.4) is 0 Å². The highest BCUT2D eigenvalue weighted by molar-refractivity contribution is 5.98. The first kappa shape index (κ1) is 17.6. The van der Waals surface area contributed by atoms with E-state index in [0.717, 1.165) is 18.9 Å². The van der Waals surface area contributed by atoms with E-state index in [2.05, 4.69) is 26.8 Å². The highest BCUT2D eigenvalue weighted by atomic mass is 16.2. The Kier molecular flexibility index (Phi) is 5.58. The second kappa shape index (κ2) is 8.24. The molecule has 7 nitrogen and oxygen atoms in total. The molecule has 0 atom stereocenters. The van der Waals surface area contributed by atoms with Gasteiger partial charge in [-0.1, -0.05) is 12.1 Å². The maximum absolute atomic E-state index is 12.7. The van der Waals surface area contributed by atoms with Gasteiger partial charge in [-0.05, 0) is 24.3 Å². The monoisotopic (exact) mass is 351 g/mol. The molecule has 2 amide bonds. The van der Waals surface area contributed by atoms with E-state index in [-0.39, 0.29) is 17.5 Å². The van der Waals surface area contributed by atoms with Gasteiger partial charge in [0.1, 0.15) is 11.5 Å². The summed E-state index contributed by atoms with van der Waals surface area (Å²) in [6.45, 7) is 6.57. The van der Waals surface area contributed by atoms with Crippen LogP contribution in [0.2, 0.25) is 0 Å². The Bertz CT molecular complexity index is 786. The van der Waals surface area contributed by atoms with Crippen LogP contribution in [0.25, 0.3) is 0 Å². The highest BCUT2D eigenvalue weighted by Crippen LogP contribution is 2.14. The SMILES string of the molecule is C=CCNC(=O)c1cc(C(=O)N2CCN(c3ccccn3)CC2)ccn1. The summed E-state index contributed by atoms with van der Waals surface area (Å²) in [6.07, 6.45) is 4.84. The number of anilines is 1. The minimum atomic E-state index is -0.320. The second-order valence-electron chi connectivity index (χ2n) is 5.90. The number of aromatic nitrogens is 2. The van der Waals surface area contributed by atoms with Crippen LogP contribution in [0.4, 0.5) is 5.82 Å². The van der Waals surface area contributed by atoms with Crippen molar-refractivity contribution in [1.29, 1.82) is 0 Å². The summed E-state index contributed by atoms with van der Waals surface area (Å²) in [7, 11) is 0. The van der Waals surface area contributed by atoms with Crippen molar-refractivity contribution in [3.05, 3.63) is 66.6 Å². The predicted molar refractivity (Wildman–Crippen MR) is 99.1 cm³/mol. The standard InChI is InChI=1S/C19H21N5O2/c1-2-7-22-18(25)16-14-15(6-9-20-16)19(26)24-12-10-23(11-13-24)17-5-3-4-8-21-17/h2-6,8-9,14H,1,7,10-13H2,(H,22,25). The van der Waals surface area contributed by atoms with Crippen molar-refractivity contribution in [2.24, 2.45) is 0 Å². The summed E-state index contributed by atoms with van der Waals surface area (Å²) in [5.41, 5.74) is 0.694. The maximum Gasteiger partial charge on any atom is 0.270 e. The van der Waals surface area contributed by atoms with Crippen molar-refractivity contribution in [3.8, 4) is 0 Å². The van der Waals surface area contributed by atoms with Crippen LogP contribution >= 0.6 is 0 Å². The molecule has 0 radical (unpaired) electrons. The Morgan fingerprint density at radius 3 is 2.62 bits per heavy atom. The minimum absolute atomic E-state index is 0.0918. The molecule has 3 rings (SSSR count). The molecule has 0 spiro atoms. The Labute approximate surface area is 152 Å². The van der Waals surface area contributed by atoms with Crippen molar-refractivity contribution in [1.82, 2.24) is 20.2 Å². The van der Waals surface area contributed by atoms with Crippen molar-refractivity contribution in [2.45, 2.75) is 0 Å². The number of carbonyl (C=O) groups excluding carboxylic acids is 2. The molecule has 26 heavy (non-hydrogen) atoms. The van der Waals surface area contributed by atoms with Crippen LogP contribution in [0.5, 0.6) is 0 Å². The van der Waals surface area contributed by atoms with Crippen molar-refractivity contribution >= 4 is 17.6 Å². The van der Waals surface area contributed by atoms with Crippen LogP contribution in [0, 0.1) is 0 Å². The Morgan fingerprint density at radius 2 is 1.92 bits per heavy atom. The van der Waals surface area contributed by atoms with E-state index in [1.807, 2.05) is 18.2 Å². The molecule has 3 heterocycles. The zero-order chi connectivity index (χ0) is 18.4. The molecule has 1 fully saturated rings. The summed E-state index contributed by atoms with van der Waals surface area (Å²) in [5, 5.41) is 2.66. The van der Waals surface area contributed by atoms with Gasteiger partial charge in [-0.25, -0.2) is 4.98 Å². The van der Waals surface area contributed by atoms with E-state index < -0.39 is 0 Å². The molecule has 0 unspecified atom stereocenters. The molecule has 1 saturated heterocycles. The average Bonchev–Trinajstić information content (AvgIpc) is 2.72. The zero-order valence-electron chi connectivity index (χ0n) is 14.5. The van der Waals surface area contributed by atoms with Gasteiger partial charge in [0.2, 0.25) is 0 Å². The second-order valence-corrected chi connectivity index (χ2v) is 5.90. The van der Waals surface area contributed by atoms with Crippen LogP contribution in [-0.2, 0) is 0 Å². The lowest BCUT2D eigenvalue weighted by molar-refractivity contribution is 0.0746. The molecule has 1 aliphatic heterocycles. The molecule has 2 aromatic rings. The Hall–Kier alpha value is -3.22. The van der Waals surface area contributed by atoms with Gasteiger partial charge in [-0.3, -0.25) is 14.6 Å². The van der Waals surface area contributed by atoms with Crippen LogP contribution < -0.4 is 10.2 Å². The predicted octanol–water partition coefficient (Wildman–Crippen LogP) is 1.35. The molecule has 1 aliphatic rings. The van der Waals surface area contributed by atoms with Crippen molar-refractivity contribution < 1.29 is 9.59 Å². The molecule has 7 heteroatoms. The van der Waals surface area contributed by atoms with Crippen LogP contribution in [0.15, 0.2) is 55.4 Å². The first-order valence-corrected chi connectivity index (χ1v) is 8.49. The van der Waals surface area contributed by atoms with Gasteiger partial charge in [0.15, 0.2) is 0 Å². The lowest BCUT2D eigenvalue weighted by Crippen LogP contribution is -2.49. The lowest BCUT2D eigenvalue weighted by Gasteiger charge is -2.35. The Morgan fingerprint density at radius 1 is 1.12 bits per heavy atom. The van der Waals surface area contributed by atoms with E-state index in [1.165, 1.54) is 12.3 Å². The van der Waals surface area contributed by atoms with Gasteiger partial charge in [0, 0.05) is 50.7 Å². The van der Waals surface area contributed by atoms with Gasteiger partial charge < -0.3 is 15.1 Å². The largest absolute Gasteiger partial charge is 0.353 e. The molecule has 0 aromatic carbocycles. The Balaban J connectivity index is 1.63. The number of rotatable bonds is 5. The molecule has 0 saturated carbocycles. The number of amides is 2. The number of carbonyl (C=O) groups is 2. The minimum Gasteiger partial charge on any atom is -0.353 e. The highest BCUT2D eigenvalue weighted by Gasteiger charge is 2.23. The number of hydrogen-bond acceptors (Lipinski definition) is 5. The molecule has 0 aliphatic carbocycles. The summed E-state index contributed by atoms with van der Waals surface area (Å²) < 4.78 is 0. The third-order valence-electron chi connectivity index (χ3n) is 4.19. The number of hydrogen-bond donors (Lipinski definition) is 1. The number of piperazine rings is 1. The van der Waals surface area contributed by atoms with E-state index in [1.54, 1.807) is 23.2 Å². The maximum atomic E-state index is 12.7. The summed E-state index contributed by atoms with van der Waals surface area (Å²) in [5.74, 6) is 0.509. The quantitative estimate of drug-likeness (QED) is 0.823. The number of pyridine rings is 2. The van der Waals surface area contributed by atoms with Gasteiger partial charge in [0.05, 0.1) is 0 Å². The fourth-order valence-electron chi connectivity index (χ4n) is 2.81. The molecule has 2 aromatic heterocycles. The number of nitrogens with one attached hydrogen (secondary N) is 1. The average molecular weight is 351 g/mol. The van der Waals surface area contributed by atoms with Crippen molar-refractivity contribution in [3.63, 3.8) is 0 Å². The molecule has 0 bridgehead atoms. The first-order valence-electron chi connectivity index (χ1n) is 8.49. The van der Waals surface area contributed by atoms with Crippen LogP contribution in [0.1, 0.15) is 20.8 Å². The third-order valence-corrected chi connectivity index (χ3v) is 4.19. The fraction of sp³-hybridized carbons (Fsp3) is 0.263. The molecule has 1 N–H and O–H groups in total. The summed E-state index contributed by atoms with van der Waals surface area (Å²) in [4.78, 5) is 37.1. The third kappa shape index (κ3) is 4.05. The molecule has 134 valence electrons. The number of nitrogens with zero attached hydrogens (tertiary/aromatic N) is 4.